The van der Waals surface area contributed by atoms with E-state index in [0.717, 1.165) is 12.0 Å². The average Bonchev–Trinajstić information content (AvgIpc) is 2.58. The van der Waals surface area contributed by atoms with Crippen LogP contribution >= 0.6 is 0 Å². The van der Waals surface area contributed by atoms with Gasteiger partial charge in [0.25, 0.3) is 0 Å². The number of nitrogens with one attached hydrogen (secondary N) is 1. The Hall–Kier alpha value is -0.0400. The van der Waals surface area contributed by atoms with Crippen LogP contribution in [-0.2, 0) is 0 Å². The zero-order valence-electron chi connectivity index (χ0n) is 7.31. The zero-order chi connectivity index (χ0) is 7.52. The minimum atomic E-state index is 0.895. The molecule has 0 radical (unpaired) electrons. The van der Waals surface area contributed by atoms with Gasteiger partial charge in [-0.05, 0) is 38.1 Å². The van der Waals surface area contributed by atoms with Gasteiger partial charge >= 0.3 is 0 Å². The van der Waals surface area contributed by atoms with Crippen LogP contribution in [0.3, 0.4) is 0 Å². The van der Waals surface area contributed by atoms with Crippen LogP contribution in [0, 0.1) is 5.92 Å². The molecule has 0 aromatic carbocycles. The molecule has 2 rings (SSSR count). The highest BCUT2D eigenvalue weighted by Crippen LogP contribution is 2.30. The number of hydrogen-bond acceptors (Lipinski definition) is 1. The lowest BCUT2D eigenvalue weighted by molar-refractivity contribution is 0.298. The highest BCUT2D eigenvalue weighted by molar-refractivity contribution is 4.82. The van der Waals surface area contributed by atoms with Gasteiger partial charge in [-0.2, -0.15) is 0 Å². The summed E-state index contributed by atoms with van der Waals surface area (Å²) in [5, 5.41) is 3.66. The largest absolute Gasteiger partial charge is 0.314 e. The van der Waals surface area contributed by atoms with Crippen LogP contribution < -0.4 is 5.32 Å². The van der Waals surface area contributed by atoms with Gasteiger partial charge in [0.05, 0.1) is 0 Å². The smallest absolute Gasteiger partial charge is 0.00953 e. The van der Waals surface area contributed by atoms with Crippen LogP contribution in [0.1, 0.15) is 44.9 Å². The molecule has 0 unspecified atom stereocenters. The Morgan fingerprint density at radius 1 is 0.818 bits per heavy atom. The zero-order valence-corrected chi connectivity index (χ0v) is 7.31. The second kappa shape index (κ2) is 3.57. The van der Waals surface area contributed by atoms with Crippen molar-refractivity contribution < 1.29 is 0 Å². The lowest BCUT2D eigenvalue weighted by Gasteiger charge is -2.28. The highest BCUT2D eigenvalue weighted by Gasteiger charge is 2.25. The van der Waals surface area contributed by atoms with E-state index in [-0.39, 0.29) is 0 Å². The average molecular weight is 153 g/mol. The predicted octanol–water partition coefficient (Wildman–Crippen LogP) is 2.32. The summed E-state index contributed by atoms with van der Waals surface area (Å²) in [6, 6.07) is 0.895. The van der Waals surface area contributed by atoms with Gasteiger partial charge in [0.2, 0.25) is 0 Å². The fraction of sp³-hybridized carbons (Fsp3) is 1.00. The van der Waals surface area contributed by atoms with E-state index >= 15 is 0 Å². The van der Waals surface area contributed by atoms with Gasteiger partial charge < -0.3 is 5.32 Å². The van der Waals surface area contributed by atoms with Crippen molar-refractivity contribution in [3.63, 3.8) is 0 Å². The maximum absolute atomic E-state index is 3.66. The molecule has 0 aromatic rings. The molecular formula is C10H19N. The van der Waals surface area contributed by atoms with E-state index in [1.54, 1.807) is 0 Å². The van der Waals surface area contributed by atoms with Crippen molar-refractivity contribution in [3.05, 3.63) is 0 Å². The molecule has 1 saturated heterocycles. The molecule has 1 aliphatic carbocycles. The quantitative estimate of drug-likeness (QED) is 0.609. The second-order valence-corrected chi connectivity index (χ2v) is 4.10. The van der Waals surface area contributed by atoms with Gasteiger partial charge in [-0.1, -0.05) is 19.3 Å². The minimum Gasteiger partial charge on any atom is -0.314 e. The first-order chi connectivity index (χ1) is 5.47. The van der Waals surface area contributed by atoms with Crippen molar-refractivity contribution >= 4 is 0 Å². The van der Waals surface area contributed by atoms with Crippen molar-refractivity contribution in [2.45, 2.75) is 51.0 Å². The monoisotopic (exact) mass is 153 g/mol. The second-order valence-electron chi connectivity index (χ2n) is 4.10. The van der Waals surface area contributed by atoms with Gasteiger partial charge in [-0.3, -0.25) is 0 Å². The van der Waals surface area contributed by atoms with Crippen LogP contribution in [0.5, 0.6) is 0 Å². The SMILES string of the molecule is C1CC[C@@H](C2CCCC2)NC1. The van der Waals surface area contributed by atoms with Crippen LogP contribution in [0.15, 0.2) is 0 Å². The topological polar surface area (TPSA) is 12.0 Å². The van der Waals surface area contributed by atoms with E-state index in [2.05, 4.69) is 5.32 Å². The highest BCUT2D eigenvalue weighted by atomic mass is 14.9. The van der Waals surface area contributed by atoms with E-state index in [4.69, 9.17) is 0 Å². The van der Waals surface area contributed by atoms with Crippen LogP contribution in [0.25, 0.3) is 0 Å². The molecule has 1 heteroatoms. The maximum Gasteiger partial charge on any atom is 0.00953 e. The van der Waals surface area contributed by atoms with E-state index in [1.165, 1.54) is 51.5 Å². The molecule has 1 saturated carbocycles. The molecule has 2 aliphatic rings. The molecule has 2 fully saturated rings. The Morgan fingerprint density at radius 2 is 1.55 bits per heavy atom. The first kappa shape index (κ1) is 7.60. The normalized spacial score (nSPS) is 34.4. The lowest BCUT2D eigenvalue weighted by atomic mass is 9.91. The lowest BCUT2D eigenvalue weighted by Crippen LogP contribution is -2.38. The summed E-state index contributed by atoms with van der Waals surface area (Å²) in [6.45, 7) is 1.28. The summed E-state index contributed by atoms with van der Waals surface area (Å²) in [5.41, 5.74) is 0. The summed E-state index contributed by atoms with van der Waals surface area (Å²) in [7, 11) is 0. The van der Waals surface area contributed by atoms with Crippen molar-refractivity contribution in [2.75, 3.05) is 6.54 Å². The van der Waals surface area contributed by atoms with Gasteiger partial charge in [0, 0.05) is 6.04 Å². The first-order valence-electron chi connectivity index (χ1n) is 5.20. The van der Waals surface area contributed by atoms with Gasteiger partial charge in [-0.15, -0.1) is 0 Å². The molecule has 0 bridgehead atoms. The third-order valence-corrected chi connectivity index (χ3v) is 3.32. The standard InChI is InChI=1S/C10H19N/c1-2-6-9(5-1)10-7-3-4-8-11-10/h9-11H,1-8H2/t10-/m0/s1. The predicted molar refractivity (Wildman–Crippen MR) is 47.6 cm³/mol. The third kappa shape index (κ3) is 1.76. The third-order valence-electron chi connectivity index (χ3n) is 3.32. The molecule has 1 heterocycles. The summed E-state index contributed by atoms with van der Waals surface area (Å²) in [5.74, 6) is 1.04. The van der Waals surface area contributed by atoms with Crippen LogP contribution in [-0.4, -0.2) is 12.6 Å². The minimum absolute atomic E-state index is 0.895. The van der Waals surface area contributed by atoms with E-state index in [1.807, 2.05) is 0 Å². The Balaban J connectivity index is 1.82. The fourth-order valence-corrected chi connectivity index (χ4v) is 2.64. The summed E-state index contributed by atoms with van der Waals surface area (Å²) >= 11 is 0. The summed E-state index contributed by atoms with van der Waals surface area (Å²) < 4.78 is 0. The van der Waals surface area contributed by atoms with Crippen molar-refractivity contribution in [1.82, 2.24) is 5.32 Å². The van der Waals surface area contributed by atoms with Gasteiger partial charge in [-0.25, -0.2) is 0 Å². The number of rotatable bonds is 1. The summed E-state index contributed by atoms with van der Waals surface area (Å²) in [6.07, 6.45) is 10.3. The van der Waals surface area contributed by atoms with E-state index < -0.39 is 0 Å². The molecule has 0 aromatic heterocycles. The molecule has 0 amide bonds. The van der Waals surface area contributed by atoms with Crippen molar-refractivity contribution in [3.8, 4) is 0 Å². The van der Waals surface area contributed by atoms with E-state index in [9.17, 15) is 0 Å². The molecule has 1 nitrogen and oxygen atoms in total. The molecule has 64 valence electrons. The molecular weight excluding hydrogens is 134 g/mol. The fourth-order valence-electron chi connectivity index (χ4n) is 2.64. The maximum atomic E-state index is 3.66. The van der Waals surface area contributed by atoms with Crippen LogP contribution in [0.2, 0.25) is 0 Å². The Morgan fingerprint density at radius 3 is 2.18 bits per heavy atom. The number of piperidine rings is 1. The Labute approximate surface area is 69.6 Å². The molecule has 1 aliphatic heterocycles. The first-order valence-corrected chi connectivity index (χ1v) is 5.20. The van der Waals surface area contributed by atoms with Gasteiger partial charge in [0.15, 0.2) is 0 Å². The summed E-state index contributed by atoms with van der Waals surface area (Å²) in [4.78, 5) is 0. The molecule has 1 atom stereocenters. The molecule has 11 heavy (non-hydrogen) atoms. The van der Waals surface area contributed by atoms with Crippen LogP contribution in [0.4, 0.5) is 0 Å². The molecule has 1 N–H and O–H groups in total. The Kier molecular flexibility index (Phi) is 2.47. The number of hydrogen-bond donors (Lipinski definition) is 1. The van der Waals surface area contributed by atoms with E-state index in [0.29, 0.717) is 0 Å². The molecule has 0 spiro atoms. The Bertz CT molecular complexity index is 110. The van der Waals surface area contributed by atoms with Crippen molar-refractivity contribution in [1.29, 1.82) is 0 Å². The van der Waals surface area contributed by atoms with Crippen molar-refractivity contribution in [2.24, 2.45) is 5.92 Å². The van der Waals surface area contributed by atoms with Gasteiger partial charge in [0.1, 0.15) is 0 Å².